The molecule has 1 N–H and O–H groups in total. The summed E-state index contributed by atoms with van der Waals surface area (Å²) in [6, 6.07) is 12.0. The normalized spacial score (nSPS) is 12.2. The number of aryl methyl sites for hydroxylation is 1. The molecule has 170 valence electrons. The third-order valence-electron chi connectivity index (χ3n) is 4.68. The van der Waals surface area contributed by atoms with E-state index in [1.165, 1.54) is 7.11 Å². The van der Waals surface area contributed by atoms with Crippen molar-refractivity contribution in [1.29, 1.82) is 0 Å². The van der Waals surface area contributed by atoms with Crippen molar-refractivity contribution in [2.45, 2.75) is 19.9 Å². The van der Waals surface area contributed by atoms with Crippen LogP contribution in [0.2, 0.25) is 0 Å². The maximum atomic E-state index is 12.7. The molecule has 0 bridgehead atoms. The highest BCUT2D eigenvalue weighted by Crippen LogP contribution is 2.30. The van der Waals surface area contributed by atoms with Crippen molar-refractivity contribution >= 4 is 21.6 Å². The van der Waals surface area contributed by atoms with E-state index in [1.807, 2.05) is 19.1 Å². The largest absolute Gasteiger partial charge is 0.493 e. The highest BCUT2D eigenvalue weighted by atomic mass is 32.2. The maximum absolute atomic E-state index is 12.7. The van der Waals surface area contributed by atoms with Gasteiger partial charge in [-0.2, -0.15) is 0 Å². The number of para-hydroxylation sites is 1. The van der Waals surface area contributed by atoms with Crippen LogP contribution in [0.15, 0.2) is 42.5 Å². The van der Waals surface area contributed by atoms with Gasteiger partial charge in [-0.25, -0.2) is 8.42 Å². The van der Waals surface area contributed by atoms with Crippen molar-refractivity contribution in [3.63, 3.8) is 0 Å². The van der Waals surface area contributed by atoms with Crippen LogP contribution >= 0.6 is 0 Å². The number of carbonyl (C=O) groups excluding carboxylic acids is 1. The van der Waals surface area contributed by atoms with Gasteiger partial charge in [0.2, 0.25) is 15.9 Å². The van der Waals surface area contributed by atoms with Crippen LogP contribution in [0.3, 0.4) is 0 Å². The second-order valence-electron chi connectivity index (χ2n) is 7.10. The molecule has 0 aliphatic carbocycles. The van der Waals surface area contributed by atoms with E-state index in [9.17, 15) is 13.2 Å². The zero-order valence-corrected chi connectivity index (χ0v) is 19.4. The molecular formula is C22H30N2O6S. The lowest BCUT2D eigenvalue weighted by Gasteiger charge is -2.25. The first-order valence-electron chi connectivity index (χ1n) is 9.79. The molecule has 1 atom stereocenters. The molecule has 1 unspecified atom stereocenters. The summed E-state index contributed by atoms with van der Waals surface area (Å²) < 4.78 is 41.7. The van der Waals surface area contributed by atoms with Crippen LogP contribution in [0.5, 0.6) is 11.5 Å². The summed E-state index contributed by atoms with van der Waals surface area (Å²) in [6.45, 7) is 4.14. The fourth-order valence-electron chi connectivity index (χ4n) is 3.03. The second kappa shape index (κ2) is 11.0. The molecule has 0 saturated carbocycles. The number of hydrogen-bond acceptors (Lipinski definition) is 6. The summed E-state index contributed by atoms with van der Waals surface area (Å²) in [7, 11) is -0.503. The molecule has 2 aromatic rings. The molecule has 8 nitrogen and oxygen atoms in total. The van der Waals surface area contributed by atoms with E-state index in [0.29, 0.717) is 30.4 Å². The molecule has 2 rings (SSSR count). The van der Waals surface area contributed by atoms with Crippen LogP contribution in [-0.2, 0) is 19.6 Å². The molecule has 0 aromatic heterocycles. The Bertz CT molecular complexity index is 993. The Hall–Kier alpha value is -2.78. The number of benzene rings is 2. The van der Waals surface area contributed by atoms with Crippen molar-refractivity contribution in [3.05, 3.63) is 53.6 Å². The molecule has 9 heteroatoms. The molecule has 31 heavy (non-hydrogen) atoms. The zero-order valence-electron chi connectivity index (χ0n) is 18.5. The van der Waals surface area contributed by atoms with Crippen LogP contribution in [0.4, 0.5) is 5.69 Å². The predicted octanol–water partition coefficient (Wildman–Crippen LogP) is 2.67. The quantitative estimate of drug-likeness (QED) is 0.529. The van der Waals surface area contributed by atoms with Gasteiger partial charge in [-0.3, -0.25) is 9.10 Å². The third-order valence-corrected chi connectivity index (χ3v) is 5.81. The Morgan fingerprint density at radius 3 is 2.42 bits per heavy atom. The van der Waals surface area contributed by atoms with Crippen molar-refractivity contribution in [2.24, 2.45) is 0 Å². The van der Waals surface area contributed by atoms with Gasteiger partial charge < -0.3 is 19.5 Å². The average Bonchev–Trinajstić information content (AvgIpc) is 2.72. The smallest absolute Gasteiger partial charge is 0.241 e. The molecular weight excluding hydrogens is 420 g/mol. The van der Waals surface area contributed by atoms with Gasteiger partial charge in [0.25, 0.3) is 0 Å². The number of ether oxygens (including phenoxy) is 3. The molecule has 0 radical (unpaired) electrons. The number of nitrogens with one attached hydrogen (secondary N) is 1. The fourth-order valence-corrected chi connectivity index (χ4v) is 3.95. The monoisotopic (exact) mass is 450 g/mol. The van der Waals surface area contributed by atoms with Gasteiger partial charge in [0, 0.05) is 7.11 Å². The first-order valence-corrected chi connectivity index (χ1v) is 11.6. The Morgan fingerprint density at radius 2 is 1.81 bits per heavy atom. The summed E-state index contributed by atoms with van der Waals surface area (Å²) in [5, 5.41) is 2.85. The minimum Gasteiger partial charge on any atom is -0.493 e. The summed E-state index contributed by atoms with van der Waals surface area (Å²) in [5.41, 5.74) is 2.04. The van der Waals surface area contributed by atoms with Gasteiger partial charge in [0.15, 0.2) is 11.5 Å². The number of anilines is 1. The van der Waals surface area contributed by atoms with Crippen molar-refractivity contribution in [1.82, 2.24) is 5.32 Å². The van der Waals surface area contributed by atoms with Crippen molar-refractivity contribution < 1.29 is 27.4 Å². The van der Waals surface area contributed by atoms with Gasteiger partial charge in [0.05, 0.1) is 31.7 Å². The highest BCUT2D eigenvalue weighted by Gasteiger charge is 2.23. The molecule has 1 amide bonds. The topological polar surface area (TPSA) is 94.2 Å². The highest BCUT2D eigenvalue weighted by molar-refractivity contribution is 7.92. The number of methoxy groups -OCH3 is 2. The predicted molar refractivity (Wildman–Crippen MR) is 120 cm³/mol. The lowest BCUT2D eigenvalue weighted by molar-refractivity contribution is -0.120. The Balaban J connectivity index is 2.12. The number of nitrogens with zero attached hydrogens (tertiary/aromatic N) is 1. The van der Waals surface area contributed by atoms with Gasteiger partial charge in [-0.05, 0) is 43.2 Å². The maximum Gasteiger partial charge on any atom is 0.241 e. The number of hydrogen-bond donors (Lipinski definition) is 1. The van der Waals surface area contributed by atoms with Crippen LogP contribution < -0.4 is 19.1 Å². The number of amides is 1. The van der Waals surface area contributed by atoms with E-state index in [4.69, 9.17) is 14.2 Å². The molecule has 0 aliphatic rings. The van der Waals surface area contributed by atoms with E-state index < -0.39 is 15.9 Å². The molecule has 0 fully saturated rings. The molecule has 2 aromatic carbocycles. The number of rotatable bonds is 11. The first-order chi connectivity index (χ1) is 14.7. The molecule has 0 aliphatic heterocycles. The standard InChI is InChI=1S/C22H30N2O6S/c1-16-8-6-7-9-19(16)24(31(5,26)27)15-22(25)23-17(2)18-10-11-20(21(14-18)29-4)30-13-12-28-3/h6-11,14,17H,12-13,15H2,1-5H3,(H,23,25). The summed E-state index contributed by atoms with van der Waals surface area (Å²) in [4.78, 5) is 12.7. The lowest BCUT2D eigenvalue weighted by Crippen LogP contribution is -2.41. The van der Waals surface area contributed by atoms with Crippen LogP contribution in [0.1, 0.15) is 24.1 Å². The summed E-state index contributed by atoms with van der Waals surface area (Å²) in [5.74, 6) is 0.692. The van der Waals surface area contributed by atoms with Gasteiger partial charge in [0.1, 0.15) is 13.2 Å². The second-order valence-corrected chi connectivity index (χ2v) is 9.00. The van der Waals surface area contributed by atoms with Gasteiger partial charge >= 0.3 is 0 Å². The van der Waals surface area contributed by atoms with Crippen LogP contribution in [0.25, 0.3) is 0 Å². The van der Waals surface area contributed by atoms with Crippen LogP contribution in [-0.4, -0.2) is 54.6 Å². The Labute approximate surface area is 184 Å². The molecule has 0 saturated heterocycles. The minimum absolute atomic E-state index is 0.316. The average molecular weight is 451 g/mol. The fraction of sp³-hybridized carbons (Fsp3) is 0.409. The van der Waals surface area contributed by atoms with Crippen molar-refractivity contribution in [2.75, 3.05) is 44.5 Å². The third kappa shape index (κ3) is 6.86. The number of carbonyl (C=O) groups is 1. The van der Waals surface area contributed by atoms with Crippen molar-refractivity contribution in [3.8, 4) is 11.5 Å². The van der Waals surface area contributed by atoms with E-state index >= 15 is 0 Å². The Morgan fingerprint density at radius 1 is 1.10 bits per heavy atom. The first kappa shape index (κ1) is 24.5. The van der Waals surface area contributed by atoms with E-state index in [0.717, 1.165) is 21.7 Å². The van der Waals surface area contributed by atoms with E-state index in [-0.39, 0.29) is 12.6 Å². The minimum atomic E-state index is -3.64. The number of sulfonamides is 1. The van der Waals surface area contributed by atoms with Gasteiger partial charge in [-0.1, -0.05) is 24.3 Å². The lowest BCUT2D eigenvalue weighted by atomic mass is 10.1. The van der Waals surface area contributed by atoms with E-state index in [2.05, 4.69) is 5.32 Å². The zero-order chi connectivity index (χ0) is 23.0. The summed E-state index contributed by atoms with van der Waals surface area (Å²) >= 11 is 0. The summed E-state index contributed by atoms with van der Waals surface area (Å²) in [6.07, 6.45) is 1.09. The molecule has 0 spiro atoms. The Kier molecular flexibility index (Phi) is 8.70. The SMILES string of the molecule is COCCOc1ccc(C(C)NC(=O)CN(c2ccccc2C)S(C)(=O)=O)cc1OC. The van der Waals surface area contributed by atoms with Crippen LogP contribution in [0, 0.1) is 6.92 Å². The van der Waals surface area contributed by atoms with Gasteiger partial charge in [-0.15, -0.1) is 0 Å². The molecule has 0 heterocycles. The van der Waals surface area contributed by atoms with E-state index in [1.54, 1.807) is 44.4 Å².